The summed E-state index contributed by atoms with van der Waals surface area (Å²) in [6, 6.07) is 10.6. The molecule has 168 valence electrons. The van der Waals surface area contributed by atoms with Crippen molar-refractivity contribution in [3.05, 3.63) is 52.0 Å². The molecule has 3 heterocycles. The molecule has 5 rings (SSSR count). The summed E-state index contributed by atoms with van der Waals surface area (Å²) in [5.74, 6) is -0.107. The Morgan fingerprint density at radius 2 is 2.09 bits per heavy atom. The molecule has 1 amide bonds. The van der Waals surface area contributed by atoms with Gasteiger partial charge in [0, 0.05) is 43.0 Å². The molecule has 0 saturated carbocycles. The van der Waals surface area contributed by atoms with E-state index in [0.29, 0.717) is 10.6 Å². The van der Waals surface area contributed by atoms with Crippen LogP contribution in [0.15, 0.2) is 30.3 Å². The maximum absolute atomic E-state index is 13.0. The second-order valence-electron chi connectivity index (χ2n) is 8.86. The number of nitrogen functional groups attached to an aromatic ring is 1. The second kappa shape index (κ2) is 8.35. The van der Waals surface area contributed by atoms with E-state index in [2.05, 4.69) is 33.4 Å². The van der Waals surface area contributed by atoms with Crippen LogP contribution in [0, 0.1) is 6.92 Å². The minimum absolute atomic E-state index is 0.0380. The molecule has 8 heteroatoms. The smallest absolute Gasteiger partial charge is 0.263 e. The Balaban J connectivity index is 1.28. The van der Waals surface area contributed by atoms with E-state index in [4.69, 9.17) is 16.2 Å². The zero-order valence-corrected chi connectivity index (χ0v) is 19.2. The molecule has 32 heavy (non-hydrogen) atoms. The molecule has 2 aliphatic rings. The highest BCUT2D eigenvalue weighted by molar-refractivity contribution is 7.21. The number of benzene rings is 1. The largest absolute Gasteiger partial charge is 0.397 e. The van der Waals surface area contributed by atoms with Crippen LogP contribution in [0.2, 0.25) is 0 Å². The first-order valence-corrected chi connectivity index (χ1v) is 11.9. The van der Waals surface area contributed by atoms with Crippen LogP contribution in [0.25, 0.3) is 10.2 Å². The molecular formula is C24H29N5O2S. The fourth-order valence-corrected chi connectivity index (χ4v) is 5.87. The van der Waals surface area contributed by atoms with Crippen molar-refractivity contribution in [2.75, 3.05) is 30.8 Å². The van der Waals surface area contributed by atoms with Crippen LogP contribution in [0.4, 0.5) is 11.4 Å². The van der Waals surface area contributed by atoms with Crippen LogP contribution in [0.1, 0.15) is 32.9 Å². The highest BCUT2D eigenvalue weighted by Gasteiger charge is 2.31. The van der Waals surface area contributed by atoms with Crippen LogP contribution in [0.5, 0.6) is 0 Å². The van der Waals surface area contributed by atoms with Gasteiger partial charge in [0.05, 0.1) is 17.8 Å². The number of amides is 1. The van der Waals surface area contributed by atoms with Crippen molar-refractivity contribution in [3.63, 3.8) is 0 Å². The molecule has 0 radical (unpaired) electrons. The van der Waals surface area contributed by atoms with E-state index >= 15 is 0 Å². The molecule has 1 aromatic carbocycles. The maximum Gasteiger partial charge on any atom is 0.263 e. The standard InChI is InChI=1S/C24H29N5O2S/c1-13-3-8-18-21(26)22(32-24(18)27-13)23(30)28-16-6-4-15-10-17(7-5-14(15)9-16)29-11-19(25)20(12-29)31-2/h3,5,7-8,10,16,19-20H,4,6,9,11-12,25-26H2,1-2H3,(H,28,30)/t16-,19-,20-/m0/s1. The molecule has 1 aliphatic carbocycles. The molecule has 0 unspecified atom stereocenters. The third kappa shape index (κ3) is 3.83. The van der Waals surface area contributed by atoms with Crippen molar-refractivity contribution in [1.29, 1.82) is 0 Å². The van der Waals surface area contributed by atoms with Gasteiger partial charge in [-0.2, -0.15) is 0 Å². The number of hydrogen-bond donors (Lipinski definition) is 3. The summed E-state index contributed by atoms with van der Waals surface area (Å²) in [6.45, 7) is 3.56. The fourth-order valence-electron chi connectivity index (χ4n) is 4.83. The van der Waals surface area contributed by atoms with Gasteiger partial charge in [0.1, 0.15) is 9.71 Å². The minimum atomic E-state index is -0.107. The monoisotopic (exact) mass is 451 g/mol. The first-order valence-electron chi connectivity index (χ1n) is 11.0. The predicted molar refractivity (Wildman–Crippen MR) is 129 cm³/mol. The number of nitrogens with two attached hydrogens (primary N) is 2. The topological polar surface area (TPSA) is 106 Å². The van der Waals surface area contributed by atoms with Gasteiger partial charge in [-0.1, -0.05) is 6.07 Å². The van der Waals surface area contributed by atoms with E-state index < -0.39 is 0 Å². The summed E-state index contributed by atoms with van der Waals surface area (Å²) < 4.78 is 5.49. The van der Waals surface area contributed by atoms with Gasteiger partial charge >= 0.3 is 0 Å². The minimum Gasteiger partial charge on any atom is -0.397 e. The van der Waals surface area contributed by atoms with E-state index in [1.165, 1.54) is 28.2 Å². The summed E-state index contributed by atoms with van der Waals surface area (Å²) in [5, 5.41) is 4.05. The number of ether oxygens (including phenoxy) is 1. The number of anilines is 2. The molecule has 0 bridgehead atoms. The van der Waals surface area contributed by atoms with Gasteiger partial charge in [-0.25, -0.2) is 4.98 Å². The summed E-state index contributed by atoms with van der Waals surface area (Å²) in [5.41, 5.74) is 17.7. The van der Waals surface area contributed by atoms with E-state index in [1.807, 2.05) is 19.1 Å². The van der Waals surface area contributed by atoms with E-state index in [9.17, 15) is 4.79 Å². The Kier molecular flexibility index (Phi) is 5.53. The van der Waals surface area contributed by atoms with E-state index in [1.54, 1.807) is 7.11 Å². The van der Waals surface area contributed by atoms with Crippen LogP contribution in [-0.4, -0.2) is 49.3 Å². The van der Waals surface area contributed by atoms with Crippen molar-refractivity contribution in [3.8, 4) is 0 Å². The molecular weight excluding hydrogens is 422 g/mol. The lowest BCUT2D eigenvalue weighted by molar-refractivity contribution is 0.0938. The Bertz CT molecular complexity index is 1180. The molecule has 5 N–H and O–H groups in total. The summed E-state index contributed by atoms with van der Waals surface area (Å²) in [4.78, 5) is 21.2. The highest BCUT2D eigenvalue weighted by Crippen LogP contribution is 2.33. The van der Waals surface area contributed by atoms with Gasteiger partial charge in [-0.15, -0.1) is 11.3 Å². The van der Waals surface area contributed by atoms with Crippen LogP contribution >= 0.6 is 11.3 Å². The third-order valence-electron chi connectivity index (χ3n) is 6.67. The lowest BCUT2D eigenvalue weighted by Gasteiger charge is -2.27. The molecule has 1 saturated heterocycles. The normalized spacial score (nSPS) is 22.8. The van der Waals surface area contributed by atoms with Gasteiger partial charge < -0.3 is 26.4 Å². The fraction of sp³-hybridized carbons (Fsp3) is 0.417. The number of rotatable bonds is 4. The molecule has 0 spiro atoms. The molecule has 7 nitrogen and oxygen atoms in total. The zero-order valence-electron chi connectivity index (χ0n) is 18.4. The average molecular weight is 452 g/mol. The van der Waals surface area contributed by atoms with Crippen molar-refractivity contribution >= 4 is 38.8 Å². The number of thiophene rings is 1. The average Bonchev–Trinajstić information content (AvgIpc) is 3.32. The molecule has 1 fully saturated rings. The number of carbonyl (C=O) groups is 1. The molecule has 1 aliphatic heterocycles. The number of carbonyl (C=O) groups excluding carboxylic acids is 1. The quantitative estimate of drug-likeness (QED) is 0.563. The Hall–Kier alpha value is -2.68. The van der Waals surface area contributed by atoms with Crippen LogP contribution < -0.4 is 21.7 Å². The van der Waals surface area contributed by atoms with Crippen molar-refractivity contribution < 1.29 is 9.53 Å². The second-order valence-corrected chi connectivity index (χ2v) is 9.86. The van der Waals surface area contributed by atoms with E-state index in [0.717, 1.165) is 48.3 Å². The summed E-state index contributed by atoms with van der Waals surface area (Å²) in [6.07, 6.45) is 2.74. The Labute approximate surface area is 191 Å². The number of pyridine rings is 1. The van der Waals surface area contributed by atoms with Crippen LogP contribution in [-0.2, 0) is 17.6 Å². The first kappa shape index (κ1) is 21.2. The third-order valence-corrected chi connectivity index (χ3v) is 7.78. The van der Waals surface area contributed by atoms with Gasteiger partial charge in [0.2, 0.25) is 0 Å². The zero-order chi connectivity index (χ0) is 22.4. The van der Waals surface area contributed by atoms with Crippen molar-refractivity contribution in [1.82, 2.24) is 10.3 Å². The summed E-state index contributed by atoms with van der Waals surface area (Å²) >= 11 is 1.36. The number of nitrogens with zero attached hydrogens (tertiary/aromatic N) is 2. The number of fused-ring (bicyclic) bond motifs is 2. The predicted octanol–water partition coefficient (Wildman–Crippen LogP) is 2.64. The molecule has 3 aromatic rings. The van der Waals surface area contributed by atoms with Gasteiger partial charge in [-0.3, -0.25) is 4.79 Å². The van der Waals surface area contributed by atoms with Gasteiger partial charge in [0.25, 0.3) is 5.91 Å². The van der Waals surface area contributed by atoms with Gasteiger partial charge in [0.15, 0.2) is 0 Å². The first-order chi connectivity index (χ1) is 15.4. The highest BCUT2D eigenvalue weighted by atomic mass is 32.1. The van der Waals surface area contributed by atoms with Gasteiger partial charge in [-0.05, 0) is 61.6 Å². The Morgan fingerprint density at radius 1 is 1.25 bits per heavy atom. The molecule has 2 aromatic heterocycles. The number of nitrogens with one attached hydrogen (secondary N) is 1. The lowest BCUT2D eigenvalue weighted by Crippen LogP contribution is -2.38. The number of hydrogen-bond acceptors (Lipinski definition) is 7. The Morgan fingerprint density at radius 3 is 2.88 bits per heavy atom. The lowest BCUT2D eigenvalue weighted by atomic mass is 9.87. The maximum atomic E-state index is 13.0. The molecule has 3 atom stereocenters. The SMILES string of the molecule is CO[C@H]1CN(c2ccc3c(c2)CC[C@H](NC(=O)c2sc4nc(C)ccc4c2N)C3)C[C@@H]1N. The number of methoxy groups -OCH3 is 1. The van der Waals surface area contributed by atoms with Crippen molar-refractivity contribution in [2.24, 2.45) is 5.73 Å². The van der Waals surface area contributed by atoms with Crippen LogP contribution in [0.3, 0.4) is 0 Å². The van der Waals surface area contributed by atoms with E-state index in [-0.39, 0.29) is 24.1 Å². The van der Waals surface area contributed by atoms with Crippen molar-refractivity contribution in [2.45, 2.75) is 44.4 Å². The summed E-state index contributed by atoms with van der Waals surface area (Å²) in [7, 11) is 1.72. The number of aromatic nitrogens is 1. The number of aryl methyl sites for hydroxylation is 2.